The molecule has 148 valence electrons. The van der Waals surface area contributed by atoms with Crippen molar-refractivity contribution in [3.05, 3.63) is 77.1 Å². The summed E-state index contributed by atoms with van der Waals surface area (Å²) in [6.45, 7) is 0.0332. The van der Waals surface area contributed by atoms with Crippen LogP contribution < -0.4 is 0 Å². The van der Waals surface area contributed by atoms with Crippen molar-refractivity contribution in [2.45, 2.75) is 12.6 Å². The van der Waals surface area contributed by atoms with Crippen LogP contribution in [-0.4, -0.2) is 26.2 Å². The van der Waals surface area contributed by atoms with Crippen molar-refractivity contribution in [2.24, 2.45) is 0 Å². The summed E-state index contributed by atoms with van der Waals surface area (Å²) in [6.07, 6.45) is -0.865. The van der Waals surface area contributed by atoms with Gasteiger partial charge < -0.3 is 5.11 Å². The highest BCUT2D eigenvalue weighted by atomic mass is 35.5. The zero-order chi connectivity index (χ0) is 20.6. The number of hydrogen-bond acceptors (Lipinski definition) is 3. The number of aromatic nitrogens is 3. The number of aliphatic hydroxyl groups is 1. The molecule has 4 nitrogen and oxygen atoms in total. The first kappa shape index (κ1) is 19.4. The van der Waals surface area contributed by atoms with Gasteiger partial charge in [0.05, 0.1) is 21.6 Å². The average molecular weight is 418 g/mol. The van der Waals surface area contributed by atoms with Crippen LogP contribution in [0.15, 0.2) is 60.9 Å². The molecule has 0 bridgehead atoms. The van der Waals surface area contributed by atoms with Crippen molar-refractivity contribution in [3.8, 4) is 17.1 Å². The third-order valence-electron chi connectivity index (χ3n) is 4.58. The van der Waals surface area contributed by atoms with Gasteiger partial charge in [0.25, 0.3) is 0 Å². The predicted octanol–water partition coefficient (Wildman–Crippen LogP) is 5.29. The quantitative estimate of drug-likeness (QED) is 0.490. The smallest absolute Gasteiger partial charge is 0.396 e. The lowest BCUT2D eigenvalue weighted by molar-refractivity contribution is -0.137. The number of hydrogen-bond donors (Lipinski definition) is 1. The van der Waals surface area contributed by atoms with E-state index in [-0.39, 0.29) is 17.1 Å². The number of rotatable bonds is 4. The fourth-order valence-electron chi connectivity index (χ4n) is 3.21. The van der Waals surface area contributed by atoms with Crippen LogP contribution in [0.25, 0.3) is 28.1 Å². The molecule has 0 saturated heterocycles. The second kappa shape index (κ2) is 7.50. The van der Waals surface area contributed by atoms with E-state index < -0.39 is 11.7 Å². The molecule has 0 aliphatic heterocycles. The standard InChI is InChI=1S/C21H15ClF3N3O/c22-17-12-19-18(11-16(17)21(23,24)25)27-20(14-5-8-26-9-6-14)28(19)15-3-1-13(2-4-15)7-10-29/h1-6,8-9,11-12,29H,7,10H2. The molecule has 2 aromatic carbocycles. The molecule has 0 aliphatic carbocycles. The third kappa shape index (κ3) is 3.71. The Morgan fingerprint density at radius 3 is 2.31 bits per heavy atom. The normalized spacial score (nSPS) is 11.9. The van der Waals surface area contributed by atoms with E-state index in [1.165, 1.54) is 6.07 Å². The Kier molecular flexibility index (Phi) is 5.02. The number of fused-ring (bicyclic) bond motifs is 1. The molecule has 2 heterocycles. The van der Waals surface area contributed by atoms with Crippen LogP contribution >= 0.6 is 11.6 Å². The zero-order valence-electron chi connectivity index (χ0n) is 15.0. The van der Waals surface area contributed by atoms with Crippen LogP contribution in [0.2, 0.25) is 5.02 Å². The number of imidazole rings is 1. The number of pyridine rings is 1. The number of aliphatic hydroxyl groups excluding tert-OH is 1. The van der Waals surface area contributed by atoms with Gasteiger partial charge in [-0.2, -0.15) is 13.2 Å². The number of benzene rings is 2. The minimum atomic E-state index is -4.57. The predicted molar refractivity (Wildman–Crippen MR) is 105 cm³/mol. The van der Waals surface area contributed by atoms with E-state index in [0.717, 1.165) is 17.3 Å². The number of nitrogens with zero attached hydrogens (tertiary/aromatic N) is 3. The molecule has 4 aromatic rings. The Morgan fingerprint density at radius 1 is 1.00 bits per heavy atom. The Hall–Kier alpha value is -2.90. The maximum atomic E-state index is 13.3. The van der Waals surface area contributed by atoms with Gasteiger partial charge in [0.1, 0.15) is 5.82 Å². The van der Waals surface area contributed by atoms with Crippen LogP contribution in [0.3, 0.4) is 0 Å². The van der Waals surface area contributed by atoms with Gasteiger partial charge in [0.15, 0.2) is 0 Å². The zero-order valence-corrected chi connectivity index (χ0v) is 15.7. The lowest BCUT2D eigenvalue weighted by atomic mass is 10.1. The first-order valence-electron chi connectivity index (χ1n) is 8.78. The van der Waals surface area contributed by atoms with Gasteiger partial charge in [-0.05, 0) is 48.4 Å². The van der Waals surface area contributed by atoms with E-state index in [2.05, 4.69) is 9.97 Å². The van der Waals surface area contributed by atoms with Crippen LogP contribution in [0.5, 0.6) is 0 Å². The van der Waals surface area contributed by atoms with E-state index in [1.54, 1.807) is 29.1 Å². The van der Waals surface area contributed by atoms with Gasteiger partial charge in [0, 0.05) is 30.3 Å². The summed E-state index contributed by atoms with van der Waals surface area (Å²) in [4.78, 5) is 8.46. The second-order valence-electron chi connectivity index (χ2n) is 6.47. The summed E-state index contributed by atoms with van der Waals surface area (Å²) >= 11 is 5.97. The molecule has 0 amide bonds. The van der Waals surface area contributed by atoms with Crippen molar-refractivity contribution >= 4 is 22.6 Å². The van der Waals surface area contributed by atoms with Crippen LogP contribution in [0.4, 0.5) is 13.2 Å². The molecule has 0 unspecified atom stereocenters. The van der Waals surface area contributed by atoms with Crippen LogP contribution in [0.1, 0.15) is 11.1 Å². The highest BCUT2D eigenvalue weighted by molar-refractivity contribution is 6.32. The molecule has 0 aliphatic rings. The molecule has 29 heavy (non-hydrogen) atoms. The molecule has 8 heteroatoms. The van der Waals surface area contributed by atoms with Crippen molar-refractivity contribution in [2.75, 3.05) is 6.61 Å². The minimum absolute atomic E-state index is 0.0332. The van der Waals surface area contributed by atoms with E-state index in [4.69, 9.17) is 16.7 Å². The van der Waals surface area contributed by atoms with E-state index in [1.807, 2.05) is 24.3 Å². The second-order valence-corrected chi connectivity index (χ2v) is 6.87. The van der Waals surface area contributed by atoms with Gasteiger partial charge >= 0.3 is 6.18 Å². The summed E-state index contributed by atoms with van der Waals surface area (Å²) in [7, 11) is 0. The summed E-state index contributed by atoms with van der Waals surface area (Å²) in [6, 6.07) is 13.1. The first-order valence-corrected chi connectivity index (χ1v) is 9.16. The van der Waals surface area contributed by atoms with Crippen LogP contribution in [0, 0.1) is 0 Å². The largest absolute Gasteiger partial charge is 0.417 e. The Morgan fingerprint density at radius 2 is 1.69 bits per heavy atom. The van der Waals surface area contributed by atoms with E-state index in [9.17, 15) is 13.2 Å². The topological polar surface area (TPSA) is 50.9 Å². The van der Waals surface area contributed by atoms with Crippen LogP contribution in [-0.2, 0) is 12.6 Å². The Labute approximate surface area is 169 Å². The summed E-state index contributed by atoms with van der Waals surface area (Å²) in [5, 5.41) is 8.72. The average Bonchev–Trinajstić information content (AvgIpc) is 3.06. The SMILES string of the molecule is OCCc1ccc(-n2c(-c3ccncc3)nc3cc(C(F)(F)F)c(Cl)cc32)cc1. The molecule has 0 atom stereocenters. The van der Waals surface area contributed by atoms with Crippen molar-refractivity contribution in [1.29, 1.82) is 0 Å². The molecule has 1 N–H and O–H groups in total. The lowest BCUT2D eigenvalue weighted by Crippen LogP contribution is -2.06. The van der Waals surface area contributed by atoms with Gasteiger partial charge in [0.2, 0.25) is 0 Å². The monoisotopic (exact) mass is 417 g/mol. The van der Waals surface area contributed by atoms with Crippen molar-refractivity contribution in [1.82, 2.24) is 14.5 Å². The van der Waals surface area contributed by atoms with Gasteiger partial charge in [-0.25, -0.2) is 4.98 Å². The van der Waals surface area contributed by atoms with E-state index >= 15 is 0 Å². The lowest BCUT2D eigenvalue weighted by Gasteiger charge is -2.12. The number of halogens is 4. The molecule has 0 radical (unpaired) electrons. The highest BCUT2D eigenvalue weighted by Gasteiger charge is 2.34. The molecule has 2 aromatic heterocycles. The molecule has 0 fully saturated rings. The Balaban J connectivity index is 1.98. The molecule has 4 rings (SSSR count). The molecule has 0 spiro atoms. The van der Waals surface area contributed by atoms with Crippen molar-refractivity contribution in [3.63, 3.8) is 0 Å². The fourth-order valence-corrected chi connectivity index (χ4v) is 3.48. The summed E-state index contributed by atoms with van der Waals surface area (Å²) in [5.74, 6) is 0.479. The van der Waals surface area contributed by atoms with Gasteiger partial charge in [-0.3, -0.25) is 9.55 Å². The third-order valence-corrected chi connectivity index (χ3v) is 4.89. The number of alkyl halides is 3. The minimum Gasteiger partial charge on any atom is -0.396 e. The first-order chi connectivity index (χ1) is 13.9. The van der Waals surface area contributed by atoms with Gasteiger partial charge in [-0.15, -0.1) is 0 Å². The summed E-state index contributed by atoms with van der Waals surface area (Å²) < 4.78 is 41.7. The van der Waals surface area contributed by atoms with Gasteiger partial charge in [-0.1, -0.05) is 23.7 Å². The highest BCUT2D eigenvalue weighted by Crippen LogP contribution is 2.39. The molecular formula is C21H15ClF3N3O. The van der Waals surface area contributed by atoms with Crippen molar-refractivity contribution < 1.29 is 18.3 Å². The fraction of sp³-hybridized carbons (Fsp3) is 0.143. The maximum absolute atomic E-state index is 13.3. The molecule has 0 saturated carbocycles. The maximum Gasteiger partial charge on any atom is 0.417 e. The van der Waals surface area contributed by atoms with E-state index in [0.29, 0.717) is 23.3 Å². The Bertz CT molecular complexity index is 1160. The molecular weight excluding hydrogens is 403 g/mol. The summed E-state index contributed by atoms with van der Waals surface area (Å²) in [5.41, 5.74) is 2.11.